The Morgan fingerprint density at radius 3 is 2.00 bits per heavy atom. The molecule has 4 saturated carbocycles. The van der Waals surface area contributed by atoms with Crippen molar-refractivity contribution in [3.63, 3.8) is 0 Å². The third-order valence-electron chi connectivity index (χ3n) is 6.52. The number of nitrogens with one attached hydrogen (secondary N) is 3. The van der Waals surface area contributed by atoms with Gasteiger partial charge in [-0.25, -0.2) is 4.79 Å². The summed E-state index contributed by atoms with van der Waals surface area (Å²) in [6.45, 7) is 5.52. The summed E-state index contributed by atoms with van der Waals surface area (Å²) in [7, 11) is 0. The topological polar surface area (TPSA) is 90.5 Å². The number of hydrogen-bond donors (Lipinski definition) is 3. The largest absolute Gasteiger partial charge is 0.355 e. The molecule has 4 aliphatic rings. The minimum absolute atomic E-state index is 0.0572. The van der Waals surface area contributed by atoms with Gasteiger partial charge in [0.15, 0.2) is 0 Å². The molecule has 0 heterocycles. The summed E-state index contributed by atoms with van der Waals surface area (Å²) in [5, 5.41) is 8.49. The molecule has 0 aromatic carbocycles. The Balaban J connectivity index is 1.46. The maximum atomic E-state index is 12.5. The average Bonchev–Trinajstić information content (AvgIpc) is 2.58. The fourth-order valence-electron chi connectivity index (χ4n) is 5.96. The van der Waals surface area contributed by atoms with Crippen molar-refractivity contribution in [2.45, 2.75) is 70.8 Å². The van der Waals surface area contributed by atoms with E-state index in [2.05, 4.69) is 16.0 Å². The second-order valence-electron chi connectivity index (χ2n) is 9.26. The van der Waals surface area contributed by atoms with Crippen LogP contribution < -0.4 is 16.0 Å². The van der Waals surface area contributed by atoms with Crippen LogP contribution >= 0.6 is 0 Å². The van der Waals surface area contributed by atoms with Gasteiger partial charge in [-0.3, -0.25) is 19.8 Å². The van der Waals surface area contributed by atoms with Crippen LogP contribution in [0.1, 0.15) is 65.2 Å². The Morgan fingerprint density at radius 2 is 1.46 bits per heavy atom. The zero-order chi connectivity index (χ0) is 20.1. The Labute approximate surface area is 168 Å². The van der Waals surface area contributed by atoms with Crippen molar-refractivity contribution in [3.8, 4) is 0 Å². The van der Waals surface area contributed by atoms with Crippen LogP contribution in [0.25, 0.3) is 0 Å². The number of rotatable bonds is 9. The Kier molecular flexibility index (Phi) is 6.96. The first-order valence-electron chi connectivity index (χ1n) is 11.0. The van der Waals surface area contributed by atoms with E-state index < -0.39 is 0 Å². The molecule has 28 heavy (non-hydrogen) atoms. The van der Waals surface area contributed by atoms with E-state index in [-0.39, 0.29) is 36.5 Å². The zero-order valence-electron chi connectivity index (χ0n) is 17.4. The lowest BCUT2D eigenvalue weighted by Crippen LogP contribution is -2.62. The predicted octanol–water partition coefficient (Wildman–Crippen LogP) is 2.02. The van der Waals surface area contributed by atoms with Gasteiger partial charge in [0.1, 0.15) is 0 Å². The molecule has 0 aromatic rings. The summed E-state index contributed by atoms with van der Waals surface area (Å²) in [5.41, 5.74) is -0.109. The van der Waals surface area contributed by atoms with Crippen LogP contribution in [0.4, 0.5) is 4.79 Å². The van der Waals surface area contributed by atoms with E-state index in [0.29, 0.717) is 13.1 Å². The van der Waals surface area contributed by atoms with Crippen molar-refractivity contribution in [1.29, 1.82) is 0 Å². The second-order valence-corrected chi connectivity index (χ2v) is 9.26. The summed E-state index contributed by atoms with van der Waals surface area (Å²) < 4.78 is 0. The molecule has 0 saturated heterocycles. The molecular weight excluding hydrogens is 356 g/mol. The molecule has 3 N–H and O–H groups in total. The van der Waals surface area contributed by atoms with Gasteiger partial charge in [-0.1, -0.05) is 13.8 Å². The lowest BCUT2D eigenvalue weighted by atomic mass is 9.53. The molecule has 0 atom stereocenters. The standard InChI is InChI=1S/C21H36N4O3/c1-3-5-22-18(26)13-25(6-4-2)14-19(27)23-20(28)24-21-10-15-7-16(11-21)9-17(8-15)12-21/h15-17H,3-14H2,1-2H3,(H,22,26)(H2,23,24,27,28). The minimum atomic E-state index is -0.376. The highest BCUT2D eigenvalue weighted by molar-refractivity contribution is 5.95. The lowest BCUT2D eigenvalue weighted by Gasteiger charge is -2.56. The minimum Gasteiger partial charge on any atom is -0.355 e. The highest BCUT2D eigenvalue weighted by Crippen LogP contribution is 2.55. The second kappa shape index (κ2) is 9.25. The lowest BCUT2D eigenvalue weighted by molar-refractivity contribution is -0.124. The molecular formula is C21H36N4O3. The molecule has 4 aliphatic carbocycles. The van der Waals surface area contributed by atoms with Crippen LogP contribution in [0, 0.1) is 17.8 Å². The van der Waals surface area contributed by atoms with E-state index in [9.17, 15) is 14.4 Å². The van der Waals surface area contributed by atoms with Crippen LogP contribution in [-0.2, 0) is 9.59 Å². The first-order chi connectivity index (χ1) is 13.4. The highest BCUT2D eigenvalue weighted by atomic mass is 16.2. The molecule has 0 aliphatic heterocycles. The SMILES string of the molecule is CCCNC(=O)CN(CCC)CC(=O)NC(=O)NC12CC3CC(CC(C3)C1)C2. The van der Waals surface area contributed by atoms with Gasteiger partial charge in [0.05, 0.1) is 13.1 Å². The highest BCUT2D eigenvalue weighted by Gasteiger charge is 2.51. The fraction of sp³-hybridized carbons (Fsp3) is 0.857. The van der Waals surface area contributed by atoms with Crippen LogP contribution in [0.2, 0.25) is 0 Å². The number of carbonyl (C=O) groups excluding carboxylic acids is 3. The molecule has 0 aromatic heterocycles. The smallest absolute Gasteiger partial charge is 0.321 e. The molecule has 7 heteroatoms. The quantitative estimate of drug-likeness (QED) is 0.560. The Bertz CT molecular complexity index is 557. The molecule has 0 unspecified atom stereocenters. The van der Waals surface area contributed by atoms with E-state index in [1.54, 1.807) is 4.90 Å². The number of imide groups is 1. The number of nitrogens with zero attached hydrogens (tertiary/aromatic N) is 1. The number of carbonyl (C=O) groups is 3. The number of hydrogen-bond acceptors (Lipinski definition) is 4. The zero-order valence-corrected chi connectivity index (χ0v) is 17.4. The van der Waals surface area contributed by atoms with Crippen LogP contribution in [-0.4, -0.2) is 54.5 Å². The summed E-state index contributed by atoms with van der Waals surface area (Å²) >= 11 is 0. The van der Waals surface area contributed by atoms with Crippen molar-refractivity contribution in [2.75, 3.05) is 26.2 Å². The van der Waals surface area contributed by atoms with E-state index >= 15 is 0 Å². The third kappa shape index (κ3) is 5.46. The molecule has 4 bridgehead atoms. The van der Waals surface area contributed by atoms with Crippen molar-refractivity contribution in [2.24, 2.45) is 17.8 Å². The van der Waals surface area contributed by atoms with Gasteiger partial charge < -0.3 is 10.6 Å². The first-order valence-corrected chi connectivity index (χ1v) is 11.0. The van der Waals surface area contributed by atoms with E-state index in [1.807, 2.05) is 13.8 Å². The Hall–Kier alpha value is -1.63. The summed E-state index contributed by atoms with van der Waals surface area (Å²) in [4.78, 5) is 38.6. The van der Waals surface area contributed by atoms with Crippen molar-refractivity contribution < 1.29 is 14.4 Å². The molecule has 0 spiro atoms. The van der Waals surface area contributed by atoms with Gasteiger partial charge >= 0.3 is 6.03 Å². The Morgan fingerprint density at radius 1 is 0.893 bits per heavy atom. The maximum absolute atomic E-state index is 12.5. The van der Waals surface area contributed by atoms with Gasteiger partial charge in [0.25, 0.3) is 0 Å². The van der Waals surface area contributed by atoms with Gasteiger partial charge in [-0.05, 0) is 75.7 Å². The average molecular weight is 393 g/mol. The molecule has 4 fully saturated rings. The number of amides is 4. The molecule has 4 amide bonds. The predicted molar refractivity (Wildman–Crippen MR) is 108 cm³/mol. The fourth-order valence-corrected chi connectivity index (χ4v) is 5.96. The van der Waals surface area contributed by atoms with Crippen molar-refractivity contribution in [1.82, 2.24) is 20.9 Å². The maximum Gasteiger partial charge on any atom is 0.321 e. The molecule has 158 valence electrons. The summed E-state index contributed by atoms with van der Waals surface area (Å²) in [6, 6.07) is -0.376. The van der Waals surface area contributed by atoms with Crippen LogP contribution in [0.5, 0.6) is 0 Å². The normalized spacial score (nSPS) is 30.3. The van der Waals surface area contributed by atoms with Gasteiger partial charge in [0, 0.05) is 12.1 Å². The van der Waals surface area contributed by atoms with E-state index in [4.69, 9.17) is 0 Å². The molecule has 7 nitrogen and oxygen atoms in total. The van der Waals surface area contributed by atoms with Crippen LogP contribution in [0.3, 0.4) is 0 Å². The van der Waals surface area contributed by atoms with E-state index in [0.717, 1.165) is 49.9 Å². The van der Waals surface area contributed by atoms with Crippen LogP contribution in [0.15, 0.2) is 0 Å². The third-order valence-corrected chi connectivity index (χ3v) is 6.52. The molecule has 0 radical (unpaired) electrons. The number of urea groups is 1. The van der Waals surface area contributed by atoms with Gasteiger partial charge in [-0.2, -0.15) is 0 Å². The van der Waals surface area contributed by atoms with E-state index in [1.165, 1.54) is 19.3 Å². The monoisotopic (exact) mass is 392 g/mol. The first kappa shape index (κ1) is 21.1. The van der Waals surface area contributed by atoms with Gasteiger partial charge in [0.2, 0.25) is 11.8 Å². The van der Waals surface area contributed by atoms with Crippen molar-refractivity contribution in [3.05, 3.63) is 0 Å². The van der Waals surface area contributed by atoms with Crippen molar-refractivity contribution >= 4 is 17.8 Å². The van der Waals surface area contributed by atoms with Gasteiger partial charge in [-0.15, -0.1) is 0 Å². The summed E-state index contributed by atoms with van der Waals surface area (Å²) in [5.74, 6) is 1.79. The summed E-state index contributed by atoms with van der Waals surface area (Å²) in [6.07, 6.45) is 8.83. The molecule has 4 rings (SSSR count).